The number of halogens is 4. The summed E-state index contributed by atoms with van der Waals surface area (Å²) in [6.07, 6.45) is -3.51. The van der Waals surface area contributed by atoms with Gasteiger partial charge < -0.3 is 5.11 Å². The van der Waals surface area contributed by atoms with Gasteiger partial charge in [-0.05, 0) is 47.4 Å². The van der Waals surface area contributed by atoms with Crippen LogP contribution in [0.15, 0.2) is 59.8 Å². The third-order valence-corrected chi connectivity index (χ3v) is 6.64. The zero-order valence-corrected chi connectivity index (χ0v) is 19.4. The van der Waals surface area contributed by atoms with E-state index in [-0.39, 0.29) is 11.6 Å². The van der Waals surface area contributed by atoms with Gasteiger partial charge in [0.15, 0.2) is 14.9 Å². The Balaban J connectivity index is 1.76. The molecule has 0 aliphatic heterocycles. The molecule has 0 saturated heterocycles. The first kappa shape index (κ1) is 24.7. The third kappa shape index (κ3) is 4.76. The molecule has 4 aromatic rings. The maximum atomic E-state index is 13.4. The van der Waals surface area contributed by atoms with Gasteiger partial charge in [-0.25, -0.2) is 22.5 Å². The number of hydrogen-bond donors (Lipinski definition) is 1. The van der Waals surface area contributed by atoms with E-state index in [1.807, 2.05) is 0 Å². The molecule has 0 saturated carbocycles. The number of hydrogen-bond acceptors (Lipinski definition) is 6. The Labute approximate surface area is 198 Å². The smallest absolute Gasteiger partial charge is 0.375 e. The van der Waals surface area contributed by atoms with Crippen LogP contribution in [0.3, 0.4) is 0 Å². The molecule has 1 atom stereocenters. The molecule has 7 nitrogen and oxygen atoms in total. The highest BCUT2D eigenvalue weighted by Gasteiger charge is 2.55. The number of sulfone groups is 1. The minimum Gasteiger partial charge on any atom is -0.375 e. The van der Waals surface area contributed by atoms with Gasteiger partial charge >= 0.3 is 6.18 Å². The van der Waals surface area contributed by atoms with Gasteiger partial charge in [0.25, 0.3) is 0 Å². The summed E-state index contributed by atoms with van der Waals surface area (Å²) in [6, 6.07) is 12.0. The van der Waals surface area contributed by atoms with E-state index < -0.39 is 39.5 Å². The summed E-state index contributed by atoms with van der Waals surface area (Å²) in [5, 5.41) is 17.7. The highest BCUT2D eigenvalue weighted by atomic mass is 32.2. The lowest BCUT2D eigenvalue weighted by Crippen LogP contribution is -2.42. The van der Waals surface area contributed by atoms with Crippen molar-refractivity contribution in [2.24, 2.45) is 0 Å². The first-order valence-corrected chi connectivity index (χ1v) is 12.3. The van der Waals surface area contributed by atoms with Crippen molar-refractivity contribution >= 4 is 20.7 Å². The third-order valence-electron chi connectivity index (χ3n) is 5.67. The summed E-state index contributed by atoms with van der Waals surface area (Å²) < 4.78 is 79.0. The van der Waals surface area contributed by atoms with Crippen molar-refractivity contribution in [1.82, 2.24) is 20.0 Å². The largest absolute Gasteiger partial charge is 0.423 e. The molecule has 0 unspecified atom stereocenters. The SMILES string of the molecule is CC[C@](O)(c1cn(Cc2ccc3c(-c4ccc(F)cc4)cc(S(C)(=O)=O)nc3c2)nn1)C(F)(F)F. The molecular formula is C23H20F4N4O3S. The summed E-state index contributed by atoms with van der Waals surface area (Å²) >= 11 is 0. The topological polar surface area (TPSA) is 98.0 Å². The van der Waals surface area contributed by atoms with E-state index in [1.165, 1.54) is 37.3 Å². The van der Waals surface area contributed by atoms with E-state index in [1.54, 1.807) is 18.2 Å². The fourth-order valence-electron chi connectivity index (χ4n) is 3.69. The van der Waals surface area contributed by atoms with E-state index in [4.69, 9.17) is 0 Å². The molecular weight excluding hydrogens is 488 g/mol. The van der Waals surface area contributed by atoms with Gasteiger partial charge in [0.2, 0.25) is 5.60 Å². The average Bonchev–Trinajstić information content (AvgIpc) is 3.25. The minimum atomic E-state index is -4.92. The van der Waals surface area contributed by atoms with Crippen LogP contribution in [0.1, 0.15) is 24.6 Å². The molecule has 0 radical (unpaired) electrons. The van der Waals surface area contributed by atoms with Crippen LogP contribution in [0.4, 0.5) is 17.6 Å². The van der Waals surface area contributed by atoms with E-state index >= 15 is 0 Å². The summed E-state index contributed by atoms with van der Waals surface area (Å²) in [7, 11) is -3.68. The number of aliphatic hydroxyl groups is 1. The molecule has 0 amide bonds. The summed E-state index contributed by atoms with van der Waals surface area (Å²) in [5.74, 6) is -0.439. The molecule has 184 valence electrons. The summed E-state index contributed by atoms with van der Waals surface area (Å²) in [5.41, 5.74) is -1.74. The predicted octanol–water partition coefficient (Wildman–Crippen LogP) is 4.24. The molecule has 1 N–H and O–H groups in total. The van der Waals surface area contributed by atoms with E-state index in [0.29, 0.717) is 27.6 Å². The number of rotatable bonds is 6. The predicted molar refractivity (Wildman–Crippen MR) is 120 cm³/mol. The standard InChI is InChI=1S/C23H20F4N4O3S/c1-3-22(32,23(25,26)27)20-13-31(30-29-20)12-14-4-9-17-18(15-5-7-16(24)8-6-15)11-21(35(2,33)34)28-19(17)10-14/h4-11,13,32H,3,12H2,1-2H3/t22-/m0/s1. The maximum absolute atomic E-state index is 13.4. The second kappa shape index (κ2) is 8.68. The lowest BCUT2D eigenvalue weighted by molar-refractivity contribution is -0.269. The Morgan fingerprint density at radius 3 is 2.34 bits per heavy atom. The number of benzene rings is 2. The van der Waals surface area contributed by atoms with Crippen LogP contribution in [-0.4, -0.2) is 45.9 Å². The van der Waals surface area contributed by atoms with E-state index in [2.05, 4.69) is 15.3 Å². The van der Waals surface area contributed by atoms with Crippen LogP contribution < -0.4 is 0 Å². The van der Waals surface area contributed by atoms with Gasteiger partial charge in [0, 0.05) is 11.6 Å². The molecule has 0 fully saturated rings. The van der Waals surface area contributed by atoms with Gasteiger partial charge in [-0.3, -0.25) is 0 Å². The highest BCUT2D eigenvalue weighted by molar-refractivity contribution is 7.90. The van der Waals surface area contributed by atoms with Crippen LogP contribution in [0.5, 0.6) is 0 Å². The van der Waals surface area contributed by atoms with Crippen LogP contribution >= 0.6 is 0 Å². The minimum absolute atomic E-state index is 0.00272. The van der Waals surface area contributed by atoms with Crippen molar-refractivity contribution < 1.29 is 31.1 Å². The molecule has 2 aromatic carbocycles. The first-order valence-electron chi connectivity index (χ1n) is 10.4. The lowest BCUT2D eigenvalue weighted by Gasteiger charge is -2.26. The number of fused-ring (bicyclic) bond motifs is 1. The monoisotopic (exact) mass is 508 g/mol. The van der Waals surface area contributed by atoms with Crippen molar-refractivity contribution in [3.8, 4) is 11.1 Å². The maximum Gasteiger partial charge on any atom is 0.423 e. The van der Waals surface area contributed by atoms with Crippen molar-refractivity contribution in [1.29, 1.82) is 0 Å². The average molecular weight is 508 g/mol. The second-order valence-corrected chi connectivity index (χ2v) is 10.1. The van der Waals surface area contributed by atoms with Crippen molar-refractivity contribution in [3.05, 3.63) is 71.8 Å². The molecule has 4 rings (SSSR count). The summed E-state index contributed by atoms with van der Waals surface area (Å²) in [4.78, 5) is 4.25. The molecule has 0 spiro atoms. The fourth-order valence-corrected chi connectivity index (χ4v) is 4.28. The van der Waals surface area contributed by atoms with Gasteiger partial charge in [-0.15, -0.1) is 5.10 Å². The van der Waals surface area contributed by atoms with Crippen LogP contribution in [0.2, 0.25) is 0 Å². The van der Waals surface area contributed by atoms with Gasteiger partial charge in [-0.1, -0.05) is 36.4 Å². The van der Waals surface area contributed by atoms with Crippen molar-refractivity contribution in [2.45, 2.75) is 36.7 Å². The highest BCUT2D eigenvalue weighted by Crippen LogP contribution is 2.40. The molecule has 0 bridgehead atoms. The zero-order chi connectivity index (χ0) is 25.6. The van der Waals surface area contributed by atoms with Crippen LogP contribution in [-0.2, 0) is 22.0 Å². The zero-order valence-electron chi connectivity index (χ0n) is 18.6. The molecule has 0 aliphatic rings. The lowest BCUT2D eigenvalue weighted by atomic mass is 9.96. The van der Waals surface area contributed by atoms with Crippen molar-refractivity contribution in [3.63, 3.8) is 0 Å². The Morgan fingerprint density at radius 1 is 1.06 bits per heavy atom. The number of nitrogens with zero attached hydrogens (tertiary/aromatic N) is 4. The molecule has 35 heavy (non-hydrogen) atoms. The van der Waals surface area contributed by atoms with Gasteiger partial charge in [0.1, 0.15) is 11.5 Å². The first-order chi connectivity index (χ1) is 16.3. The summed E-state index contributed by atoms with van der Waals surface area (Å²) in [6.45, 7) is 1.19. The number of aromatic nitrogens is 4. The van der Waals surface area contributed by atoms with Gasteiger partial charge in [0.05, 0.1) is 18.3 Å². The van der Waals surface area contributed by atoms with Gasteiger partial charge in [-0.2, -0.15) is 13.2 Å². The number of alkyl halides is 3. The van der Waals surface area contributed by atoms with Crippen LogP contribution in [0, 0.1) is 5.82 Å². The van der Waals surface area contributed by atoms with E-state index in [9.17, 15) is 31.1 Å². The normalized spacial score (nSPS) is 14.3. The molecule has 12 heteroatoms. The molecule has 0 aliphatic carbocycles. The van der Waals surface area contributed by atoms with Crippen molar-refractivity contribution in [2.75, 3.05) is 6.26 Å². The fraction of sp³-hybridized carbons (Fsp3) is 0.261. The Hall–Kier alpha value is -3.38. The van der Waals surface area contributed by atoms with Crippen LogP contribution in [0.25, 0.3) is 22.0 Å². The molecule has 2 aromatic heterocycles. The number of pyridine rings is 1. The Morgan fingerprint density at radius 2 is 1.74 bits per heavy atom. The molecule has 2 heterocycles. The Kier molecular flexibility index (Phi) is 6.14. The second-order valence-electron chi connectivity index (χ2n) is 8.15. The van der Waals surface area contributed by atoms with E-state index in [0.717, 1.165) is 17.1 Å². The Bertz CT molecular complexity index is 1500. The quantitative estimate of drug-likeness (QED) is 0.391.